The van der Waals surface area contributed by atoms with Gasteiger partial charge in [0.2, 0.25) is 5.91 Å². The Morgan fingerprint density at radius 1 is 1.47 bits per heavy atom. The van der Waals surface area contributed by atoms with Gasteiger partial charge in [0.05, 0.1) is 0 Å². The van der Waals surface area contributed by atoms with Gasteiger partial charge in [-0.25, -0.2) is 0 Å². The molecule has 0 radical (unpaired) electrons. The minimum Gasteiger partial charge on any atom is -0.352 e. The molecule has 0 aromatic carbocycles. The second-order valence-corrected chi connectivity index (χ2v) is 5.01. The Morgan fingerprint density at radius 3 is 2.67 bits per heavy atom. The zero-order valence-corrected chi connectivity index (χ0v) is 9.54. The molecule has 0 heterocycles. The number of hydrogen-bond donors (Lipinski definition) is 2. The number of nitrogens with two attached hydrogens (primary N) is 1. The summed E-state index contributed by atoms with van der Waals surface area (Å²) in [6.07, 6.45) is 5.95. The summed E-state index contributed by atoms with van der Waals surface area (Å²) in [5.74, 6) is 2.04. The summed E-state index contributed by atoms with van der Waals surface area (Å²) in [7, 11) is 0. The van der Waals surface area contributed by atoms with Crippen LogP contribution in [-0.4, -0.2) is 18.5 Å². The Kier molecular flexibility index (Phi) is 3.29. The van der Waals surface area contributed by atoms with Crippen molar-refractivity contribution in [3.8, 4) is 0 Å². The second kappa shape index (κ2) is 4.52. The first-order chi connectivity index (χ1) is 7.27. The molecule has 3 unspecified atom stereocenters. The molecule has 0 aliphatic heterocycles. The van der Waals surface area contributed by atoms with Crippen LogP contribution in [-0.2, 0) is 4.79 Å². The summed E-state index contributed by atoms with van der Waals surface area (Å²) in [5, 5.41) is 3.09. The highest BCUT2D eigenvalue weighted by atomic mass is 16.2. The molecule has 0 aromatic rings. The van der Waals surface area contributed by atoms with E-state index in [1.165, 1.54) is 19.3 Å². The summed E-state index contributed by atoms with van der Waals surface area (Å²) in [6.45, 7) is 2.70. The van der Waals surface area contributed by atoms with Crippen LogP contribution in [0.15, 0.2) is 0 Å². The predicted octanol–water partition coefficient (Wildman–Crippen LogP) is 1.28. The van der Waals surface area contributed by atoms with E-state index in [-0.39, 0.29) is 11.9 Å². The van der Waals surface area contributed by atoms with Gasteiger partial charge in [-0.15, -0.1) is 0 Å². The van der Waals surface area contributed by atoms with Crippen LogP contribution >= 0.6 is 0 Å². The Morgan fingerprint density at radius 2 is 2.13 bits per heavy atom. The van der Waals surface area contributed by atoms with Crippen molar-refractivity contribution in [1.29, 1.82) is 0 Å². The van der Waals surface area contributed by atoms with E-state index >= 15 is 0 Å². The molecule has 0 bridgehead atoms. The lowest BCUT2D eigenvalue weighted by Crippen LogP contribution is -2.41. The fourth-order valence-corrected chi connectivity index (χ4v) is 3.11. The van der Waals surface area contributed by atoms with Gasteiger partial charge in [0, 0.05) is 18.5 Å². The van der Waals surface area contributed by atoms with Gasteiger partial charge in [-0.1, -0.05) is 19.8 Å². The van der Waals surface area contributed by atoms with Crippen LogP contribution in [0.3, 0.4) is 0 Å². The highest BCUT2D eigenvalue weighted by molar-refractivity contribution is 5.82. The van der Waals surface area contributed by atoms with Crippen LogP contribution in [0.25, 0.3) is 0 Å². The molecule has 0 saturated heterocycles. The maximum absolute atomic E-state index is 11.9. The Labute approximate surface area is 91.8 Å². The molecule has 3 nitrogen and oxygen atoms in total. The third-order valence-corrected chi connectivity index (χ3v) is 3.98. The Bertz CT molecular complexity index is 232. The van der Waals surface area contributed by atoms with Gasteiger partial charge < -0.3 is 11.1 Å². The first-order valence-corrected chi connectivity index (χ1v) is 6.28. The van der Waals surface area contributed by atoms with Gasteiger partial charge in [0.25, 0.3) is 0 Å². The molecule has 3 heteroatoms. The fraction of sp³-hybridized carbons (Fsp3) is 0.917. The number of amides is 1. The molecular weight excluding hydrogens is 188 g/mol. The number of fused-ring (bicyclic) bond motifs is 1. The Hall–Kier alpha value is -0.570. The molecule has 1 amide bonds. The van der Waals surface area contributed by atoms with Crippen molar-refractivity contribution < 1.29 is 4.79 Å². The average Bonchev–Trinajstić information content (AvgIpc) is 2.72. The minimum absolute atomic E-state index is 0.198. The van der Waals surface area contributed by atoms with Crippen molar-refractivity contribution >= 4 is 5.91 Å². The molecule has 0 aromatic heterocycles. The maximum atomic E-state index is 11.9. The largest absolute Gasteiger partial charge is 0.352 e. The SMILES string of the molecule is CCCC(CN)NC(=O)C1C2CCCC21. The average molecular weight is 210 g/mol. The van der Waals surface area contributed by atoms with E-state index in [1.54, 1.807) is 0 Å². The molecule has 2 saturated carbocycles. The second-order valence-electron chi connectivity index (χ2n) is 5.01. The molecule has 3 N–H and O–H groups in total. The number of hydrogen-bond acceptors (Lipinski definition) is 2. The Balaban J connectivity index is 1.77. The van der Waals surface area contributed by atoms with E-state index in [4.69, 9.17) is 5.73 Å². The first kappa shape index (κ1) is 10.9. The topological polar surface area (TPSA) is 55.1 Å². The van der Waals surface area contributed by atoms with Crippen molar-refractivity contribution in [3.63, 3.8) is 0 Å². The standard InChI is InChI=1S/C12H22N2O/c1-2-4-8(7-13)14-12(15)11-9-5-3-6-10(9)11/h8-11H,2-7,13H2,1H3,(H,14,15). The van der Waals surface area contributed by atoms with Crippen LogP contribution in [0.5, 0.6) is 0 Å². The summed E-state index contributed by atoms with van der Waals surface area (Å²) >= 11 is 0. The maximum Gasteiger partial charge on any atom is 0.223 e. The number of nitrogens with one attached hydrogen (secondary N) is 1. The van der Waals surface area contributed by atoms with Gasteiger partial charge in [-0.3, -0.25) is 4.79 Å². The van der Waals surface area contributed by atoms with Gasteiger partial charge in [-0.2, -0.15) is 0 Å². The molecule has 3 atom stereocenters. The fourth-order valence-electron chi connectivity index (χ4n) is 3.11. The molecular formula is C12H22N2O. The normalized spacial score (nSPS) is 34.7. The molecule has 0 spiro atoms. The summed E-state index contributed by atoms with van der Waals surface area (Å²) in [6, 6.07) is 0.198. The van der Waals surface area contributed by atoms with Crippen LogP contribution in [0.1, 0.15) is 39.0 Å². The number of carbonyl (C=O) groups excluding carboxylic acids is 1. The minimum atomic E-state index is 0.198. The predicted molar refractivity (Wildman–Crippen MR) is 60.2 cm³/mol. The van der Waals surface area contributed by atoms with E-state index in [1.807, 2.05) is 0 Å². The number of carbonyl (C=O) groups is 1. The van der Waals surface area contributed by atoms with Gasteiger partial charge in [0.15, 0.2) is 0 Å². The molecule has 15 heavy (non-hydrogen) atoms. The van der Waals surface area contributed by atoms with E-state index in [2.05, 4.69) is 12.2 Å². The monoisotopic (exact) mass is 210 g/mol. The third kappa shape index (κ3) is 2.17. The lowest BCUT2D eigenvalue weighted by Gasteiger charge is -2.16. The van der Waals surface area contributed by atoms with Crippen LogP contribution in [0, 0.1) is 17.8 Å². The first-order valence-electron chi connectivity index (χ1n) is 6.28. The van der Waals surface area contributed by atoms with Crippen LogP contribution in [0.4, 0.5) is 0 Å². The summed E-state index contributed by atoms with van der Waals surface area (Å²) in [4.78, 5) is 11.9. The van der Waals surface area contributed by atoms with E-state index < -0.39 is 0 Å². The van der Waals surface area contributed by atoms with E-state index in [0.29, 0.717) is 24.3 Å². The van der Waals surface area contributed by atoms with Crippen molar-refractivity contribution in [3.05, 3.63) is 0 Å². The lowest BCUT2D eigenvalue weighted by atomic mass is 10.1. The van der Waals surface area contributed by atoms with Gasteiger partial charge >= 0.3 is 0 Å². The molecule has 2 aliphatic rings. The molecule has 2 aliphatic carbocycles. The van der Waals surface area contributed by atoms with Gasteiger partial charge in [0.1, 0.15) is 0 Å². The highest BCUT2D eigenvalue weighted by Crippen LogP contribution is 2.57. The highest BCUT2D eigenvalue weighted by Gasteiger charge is 2.56. The lowest BCUT2D eigenvalue weighted by molar-refractivity contribution is -0.123. The van der Waals surface area contributed by atoms with E-state index in [0.717, 1.165) is 12.8 Å². The summed E-state index contributed by atoms with van der Waals surface area (Å²) < 4.78 is 0. The smallest absolute Gasteiger partial charge is 0.223 e. The van der Waals surface area contributed by atoms with Crippen molar-refractivity contribution in [2.75, 3.05) is 6.54 Å². The van der Waals surface area contributed by atoms with Crippen molar-refractivity contribution in [1.82, 2.24) is 5.32 Å². The number of rotatable bonds is 5. The van der Waals surface area contributed by atoms with E-state index in [9.17, 15) is 4.79 Å². The quantitative estimate of drug-likeness (QED) is 0.718. The zero-order valence-electron chi connectivity index (χ0n) is 9.54. The molecule has 2 fully saturated rings. The zero-order chi connectivity index (χ0) is 10.8. The summed E-state index contributed by atoms with van der Waals surface area (Å²) in [5.41, 5.74) is 5.63. The van der Waals surface area contributed by atoms with Gasteiger partial charge in [-0.05, 0) is 31.1 Å². The third-order valence-electron chi connectivity index (χ3n) is 3.98. The van der Waals surface area contributed by atoms with Crippen LogP contribution < -0.4 is 11.1 Å². The van der Waals surface area contributed by atoms with Crippen molar-refractivity contribution in [2.45, 2.75) is 45.1 Å². The van der Waals surface area contributed by atoms with Crippen molar-refractivity contribution in [2.24, 2.45) is 23.5 Å². The molecule has 2 rings (SSSR count). The van der Waals surface area contributed by atoms with Crippen LogP contribution in [0.2, 0.25) is 0 Å². The molecule has 86 valence electrons.